The van der Waals surface area contributed by atoms with Crippen molar-refractivity contribution in [3.05, 3.63) is 23.4 Å². The SMILES string of the molecule is Cc1ccc(C(N)=S)c(NC2CCN3CCCC3C2)n1. The number of hydrogen-bond acceptors (Lipinski definition) is 4. The third-order valence-corrected chi connectivity index (χ3v) is 4.68. The van der Waals surface area contributed by atoms with Gasteiger partial charge in [0.1, 0.15) is 10.8 Å². The van der Waals surface area contributed by atoms with Gasteiger partial charge in [-0.15, -0.1) is 0 Å². The van der Waals surface area contributed by atoms with Gasteiger partial charge in [0.25, 0.3) is 0 Å². The Morgan fingerprint density at radius 3 is 3.05 bits per heavy atom. The second kappa shape index (κ2) is 5.66. The van der Waals surface area contributed by atoms with Crippen LogP contribution in [0, 0.1) is 6.92 Å². The molecule has 2 atom stereocenters. The van der Waals surface area contributed by atoms with Crippen molar-refractivity contribution >= 4 is 23.0 Å². The normalized spacial score (nSPS) is 26.2. The number of nitrogens with two attached hydrogens (primary N) is 1. The minimum atomic E-state index is 0.415. The van der Waals surface area contributed by atoms with Gasteiger partial charge in [-0.3, -0.25) is 0 Å². The predicted molar refractivity (Wildman–Crippen MR) is 86.1 cm³/mol. The molecule has 3 rings (SSSR count). The summed E-state index contributed by atoms with van der Waals surface area (Å²) in [4.78, 5) is 7.62. The van der Waals surface area contributed by atoms with Crippen LogP contribution >= 0.6 is 12.2 Å². The molecule has 0 spiro atoms. The highest BCUT2D eigenvalue weighted by Crippen LogP contribution is 2.28. The van der Waals surface area contributed by atoms with Gasteiger partial charge in [0, 0.05) is 24.3 Å². The highest BCUT2D eigenvalue weighted by Gasteiger charge is 2.31. The Morgan fingerprint density at radius 1 is 1.40 bits per heavy atom. The number of aromatic nitrogens is 1. The van der Waals surface area contributed by atoms with Crippen molar-refractivity contribution in [3.8, 4) is 0 Å². The number of pyridine rings is 1. The lowest BCUT2D eigenvalue weighted by Crippen LogP contribution is -2.43. The second-order valence-electron chi connectivity index (χ2n) is 5.91. The Balaban J connectivity index is 1.74. The molecule has 2 fully saturated rings. The summed E-state index contributed by atoms with van der Waals surface area (Å²) in [6.45, 7) is 4.46. The second-order valence-corrected chi connectivity index (χ2v) is 6.35. The molecule has 0 radical (unpaired) electrons. The predicted octanol–water partition coefficient (Wildman–Crippen LogP) is 2.06. The zero-order valence-electron chi connectivity index (χ0n) is 11.9. The number of rotatable bonds is 3. The van der Waals surface area contributed by atoms with Crippen LogP contribution in [0.2, 0.25) is 0 Å². The van der Waals surface area contributed by atoms with Crippen molar-refractivity contribution in [2.45, 2.75) is 44.7 Å². The zero-order chi connectivity index (χ0) is 14.1. The van der Waals surface area contributed by atoms with Crippen LogP contribution in [0.4, 0.5) is 5.82 Å². The molecule has 0 aliphatic carbocycles. The van der Waals surface area contributed by atoms with Gasteiger partial charge < -0.3 is 16.0 Å². The monoisotopic (exact) mass is 290 g/mol. The van der Waals surface area contributed by atoms with E-state index in [-0.39, 0.29) is 0 Å². The van der Waals surface area contributed by atoms with E-state index in [1.165, 1.54) is 38.8 Å². The van der Waals surface area contributed by atoms with Crippen LogP contribution in [-0.4, -0.2) is 40.0 Å². The number of hydrogen-bond donors (Lipinski definition) is 2. The van der Waals surface area contributed by atoms with E-state index in [1.807, 2.05) is 19.1 Å². The third-order valence-electron chi connectivity index (χ3n) is 4.46. The molecule has 0 bridgehead atoms. The number of nitrogens with one attached hydrogen (secondary N) is 1. The molecule has 20 heavy (non-hydrogen) atoms. The third kappa shape index (κ3) is 2.79. The van der Waals surface area contributed by atoms with Crippen LogP contribution in [-0.2, 0) is 0 Å². The van der Waals surface area contributed by atoms with Crippen molar-refractivity contribution in [2.75, 3.05) is 18.4 Å². The minimum absolute atomic E-state index is 0.415. The summed E-state index contributed by atoms with van der Waals surface area (Å²) in [6, 6.07) is 5.16. The molecule has 0 aromatic carbocycles. The maximum absolute atomic E-state index is 5.80. The number of thiocarbonyl (C=S) groups is 1. The van der Waals surface area contributed by atoms with Gasteiger partial charge in [0.05, 0.1) is 5.56 Å². The Kier molecular flexibility index (Phi) is 3.89. The highest BCUT2D eigenvalue weighted by molar-refractivity contribution is 7.80. The van der Waals surface area contributed by atoms with E-state index in [4.69, 9.17) is 18.0 Å². The summed E-state index contributed by atoms with van der Waals surface area (Å²) in [7, 11) is 0. The molecule has 4 nitrogen and oxygen atoms in total. The largest absolute Gasteiger partial charge is 0.389 e. The van der Waals surface area contributed by atoms with Crippen molar-refractivity contribution in [1.29, 1.82) is 0 Å². The first-order chi connectivity index (χ1) is 9.63. The van der Waals surface area contributed by atoms with E-state index in [2.05, 4.69) is 15.2 Å². The molecule has 2 saturated heterocycles. The van der Waals surface area contributed by atoms with Crippen LogP contribution < -0.4 is 11.1 Å². The molecule has 0 amide bonds. The van der Waals surface area contributed by atoms with E-state index in [1.54, 1.807) is 0 Å². The molecule has 2 aliphatic rings. The zero-order valence-corrected chi connectivity index (χ0v) is 12.7. The lowest BCUT2D eigenvalue weighted by molar-refractivity contribution is 0.188. The Morgan fingerprint density at radius 2 is 2.25 bits per heavy atom. The van der Waals surface area contributed by atoms with Gasteiger partial charge in [-0.05, 0) is 51.3 Å². The first-order valence-electron chi connectivity index (χ1n) is 7.41. The quantitative estimate of drug-likeness (QED) is 0.835. The summed E-state index contributed by atoms with van der Waals surface area (Å²) < 4.78 is 0. The van der Waals surface area contributed by atoms with Crippen molar-refractivity contribution in [1.82, 2.24) is 9.88 Å². The van der Waals surface area contributed by atoms with E-state index in [9.17, 15) is 0 Å². The summed E-state index contributed by atoms with van der Waals surface area (Å²) >= 11 is 5.12. The first-order valence-corrected chi connectivity index (χ1v) is 7.82. The molecule has 2 aliphatic heterocycles. The van der Waals surface area contributed by atoms with Crippen LogP contribution in [0.5, 0.6) is 0 Å². The maximum Gasteiger partial charge on any atom is 0.136 e. The summed E-state index contributed by atoms with van der Waals surface area (Å²) in [5, 5.41) is 3.58. The molecule has 108 valence electrons. The number of aryl methyl sites for hydroxylation is 1. The topological polar surface area (TPSA) is 54.2 Å². The minimum Gasteiger partial charge on any atom is -0.389 e. The Labute approximate surface area is 125 Å². The summed E-state index contributed by atoms with van der Waals surface area (Å²) in [5.74, 6) is 0.856. The lowest BCUT2D eigenvalue weighted by atomic mass is 9.97. The molecular weight excluding hydrogens is 268 g/mol. The fourth-order valence-corrected chi connectivity index (χ4v) is 3.58. The van der Waals surface area contributed by atoms with Crippen LogP contribution in [0.25, 0.3) is 0 Å². The fourth-order valence-electron chi connectivity index (χ4n) is 3.41. The standard InChI is InChI=1S/C15H22N4S/c1-10-4-5-13(14(16)20)15(17-10)18-11-6-8-19-7-2-3-12(19)9-11/h4-5,11-12H,2-3,6-9H2,1H3,(H2,16,20)(H,17,18). The van der Waals surface area contributed by atoms with Gasteiger partial charge >= 0.3 is 0 Å². The van der Waals surface area contributed by atoms with E-state index in [0.717, 1.165) is 23.1 Å². The summed E-state index contributed by atoms with van der Waals surface area (Å²) in [6.07, 6.45) is 5.05. The molecule has 1 aromatic heterocycles. The maximum atomic E-state index is 5.80. The highest BCUT2D eigenvalue weighted by atomic mass is 32.1. The molecular formula is C15H22N4S. The number of fused-ring (bicyclic) bond motifs is 1. The van der Waals surface area contributed by atoms with Crippen LogP contribution in [0.1, 0.15) is 36.9 Å². The van der Waals surface area contributed by atoms with Crippen LogP contribution in [0.15, 0.2) is 12.1 Å². The van der Waals surface area contributed by atoms with Crippen molar-refractivity contribution < 1.29 is 0 Å². The molecule has 1 aromatic rings. The molecule has 0 saturated carbocycles. The van der Waals surface area contributed by atoms with E-state index >= 15 is 0 Å². The van der Waals surface area contributed by atoms with Gasteiger partial charge in [0.15, 0.2) is 0 Å². The number of anilines is 1. The first kappa shape index (κ1) is 13.8. The molecule has 3 N–H and O–H groups in total. The molecule has 5 heteroatoms. The fraction of sp³-hybridized carbons (Fsp3) is 0.600. The number of piperidine rings is 1. The van der Waals surface area contributed by atoms with E-state index in [0.29, 0.717) is 11.0 Å². The average Bonchev–Trinajstić information content (AvgIpc) is 2.85. The lowest BCUT2D eigenvalue weighted by Gasteiger charge is -2.35. The van der Waals surface area contributed by atoms with Gasteiger partial charge in [-0.1, -0.05) is 12.2 Å². The van der Waals surface area contributed by atoms with Gasteiger partial charge in [-0.2, -0.15) is 0 Å². The van der Waals surface area contributed by atoms with E-state index < -0.39 is 0 Å². The van der Waals surface area contributed by atoms with Crippen LogP contribution in [0.3, 0.4) is 0 Å². The number of nitrogens with zero attached hydrogens (tertiary/aromatic N) is 2. The van der Waals surface area contributed by atoms with Crippen molar-refractivity contribution in [2.24, 2.45) is 5.73 Å². The molecule has 2 unspecified atom stereocenters. The van der Waals surface area contributed by atoms with Gasteiger partial charge in [-0.25, -0.2) is 4.98 Å². The van der Waals surface area contributed by atoms with Gasteiger partial charge in [0.2, 0.25) is 0 Å². The Hall–Kier alpha value is -1.20. The summed E-state index contributed by atoms with van der Waals surface area (Å²) in [5.41, 5.74) is 7.65. The smallest absolute Gasteiger partial charge is 0.136 e. The van der Waals surface area contributed by atoms with Crippen molar-refractivity contribution in [3.63, 3.8) is 0 Å². The average molecular weight is 290 g/mol. The molecule has 3 heterocycles. The Bertz CT molecular complexity index is 517.